The van der Waals surface area contributed by atoms with Crippen LogP contribution in [0.4, 0.5) is 0 Å². The van der Waals surface area contributed by atoms with E-state index in [1.807, 2.05) is 11.9 Å². The Morgan fingerprint density at radius 2 is 1.88 bits per heavy atom. The molecule has 1 rings (SSSR count). The second kappa shape index (κ2) is 5.58. The second-order valence-electron chi connectivity index (χ2n) is 3.75. The Hall–Kier alpha value is -0.700. The van der Waals surface area contributed by atoms with Gasteiger partial charge in [-0.25, -0.2) is 4.72 Å². The average Bonchev–Trinajstić information content (AvgIpc) is 2.17. The van der Waals surface area contributed by atoms with Gasteiger partial charge in [-0.3, -0.25) is 4.79 Å². The first-order valence-electron chi connectivity index (χ1n) is 5.07. The van der Waals surface area contributed by atoms with Crippen molar-refractivity contribution in [2.24, 2.45) is 0 Å². The summed E-state index contributed by atoms with van der Waals surface area (Å²) >= 11 is 0. The van der Waals surface area contributed by atoms with Gasteiger partial charge in [0.1, 0.15) is 0 Å². The third-order valence-electron chi connectivity index (χ3n) is 2.43. The molecule has 94 valence electrons. The summed E-state index contributed by atoms with van der Waals surface area (Å²) in [5, 5.41) is 8.40. The van der Waals surface area contributed by atoms with Crippen LogP contribution < -0.4 is 4.72 Å². The molecule has 0 radical (unpaired) electrons. The summed E-state index contributed by atoms with van der Waals surface area (Å²) in [7, 11) is -1.58. The van der Waals surface area contributed by atoms with Gasteiger partial charge >= 0.3 is 5.97 Å². The molecule has 8 heteroatoms. The van der Waals surface area contributed by atoms with Crippen LogP contribution in [0.3, 0.4) is 0 Å². The van der Waals surface area contributed by atoms with E-state index >= 15 is 0 Å². The van der Waals surface area contributed by atoms with Gasteiger partial charge in [-0.05, 0) is 7.05 Å². The van der Waals surface area contributed by atoms with Crippen molar-refractivity contribution in [2.75, 3.05) is 39.8 Å². The third kappa shape index (κ3) is 4.05. The summed E-state index contributed by atoms with van der Waals surface area (Å²) in [5.41, 5.74) is 0. The van der Waals surface area contributed by atoms with Crippen LogP contribution in [0.25, 0.3) is 0 Å². The predicted molar refractivity (Wildman–Crippen MR) is 58.2 cm³/mol. The Bertz CT molecular complexity index is 335. The molecule has 0 amide bonds. The molecule has 0 bridgehead atoms. The molecule has 0 aliphatic carbocycles. The van der Waals surface area contributed by atoms with Crippen LogP contribution in [0.5, 0.6) is 0 Å². The van der Waals surface area contributed by atoms with Gasteiger partial charge in [-0.15, -0.1) is 0 Å². The normalized spacial score (nSPS) is 19.8. The van der Waals surface area contributed by atoms with Crippen molar-refractivity contribution in [3.8, 4) is 0 Å². The third-order valence-corrected chi connectivity index (χ3v) is 4.04. The number of carboxylic acid groups (broad SMARTS) is 1. The minimum absolute atomic E-state index is 0.0655. The molecule has 16 heavy (non-hydrogen) atoms. The first kappa shape index (κ1) is 13.4. The zero-order valence-electron chi connectivity index (χ0n) is 9.22. The molecule has 0 spiro atoms. The largest absolute Gasteiger partial charge is 0.481 e. The lowest BCUT2D eigenvalue weighted by Gasteiger charge is -2.31. The summed E-state index contributed by atoms with van der Waals surface area (Å²) in [6.45, 7) is 2.21. The monoisotopic (exact) mass is 251 g/mol. The van der Waals surface area contributed by atoms with Crippen LogP contribution in [0.15, 0.2) is 0 Å². The zero-order chi connectivity index (χ0) is 12.2. The molecule has 0 unspecified atom stereocenters. The van der Waals surface area contributed by atoms with E-state index in [-0.39, 0.29) is 13.0 Å². The number of nitrogens with one attached hydrogen (secondary N) is 1. The lowest BCUT2D eigenvalue weighted by molar-refractivity contribution is -0.136. The second-order valence-corrected chi connectivity index (χ2v) is 5.50. The van der Waals surface area contributed by atoms with Crippen molar-refractivity contribution in [1.29, 1.82) is 0 Å². The van der Waals surface area contributed by atoms with Gasteiger partial charge in [-0.1, -0.05) is 0 Å². The van der Waals surface area contributed by atoms with Crippen LogP contribution in [0.2, 0.25) is 0 Å². The lowest BCUT2D eigenvalue weighted by Crippen LogP contribution is -2.51. The number of nitrogens with zero attached hydrogens (tertiary/aromatic N) is 2. The van der Waals surface area contributed by atoms with Gasteiger partial charge < -0.3 is 10.0 Å². The number of piperazine rings is 1. The highest BCUT2D eigenvalue weighted by Crippen LogP contribution is 2.03. The van der Waals surface area contributed by atoms with Crippen molar-refractivity contribution in [1.82, 2.24) is 13.9 Å². The molecule has 0 aromatic carbocycles. The molecule has 1 aliphatic heterocycles. The minimum atomic E-state index is -3.51. The topological polar surface area (TPSA) is 90.0 Å². The number of hydrogen-bond donors (Lipinski definition) is 2. The molecule has 0 saturated carbocycles. The number of hydrogen-bond acceptors (Lipinski definition) is 4. The van der Waals surface area contributed by atoms with Gasteiger partial charge in [0.05, 0.1) is 6.42 Å². The number of carboxylic acids is 1. The maximum atomic E-state index is 11.7. The Morgan fingerprint density at radius 3 is 2.38 bits per heavy atom. The van der Waals surface area contributed by atoms with Crippen molar-refractivity contribution in [3.05, 3.63) is 0 Å². The predicted octanol–water partition coefficient (Wildman–Crippen LogP) is -1.46. The smallest absolute Gasteiger partial charge is 0.304 e. The Morgan fingerprint density at radius 1 is 1.31 bits per heavy atom. The first-order chi connectivity index (χ1) is 7.42. The molecular weight excluding hydrogens is 234 g/mol. The maximum absolute atomic E-state index is 11.7. The molecule has 0 aromatic rings. The van der Waals surface area contributed by atoms with E-state index in [0.29, 0.717) is 26.2 Å². The van der Waals surface area contributed by atoms with Gasteiger partial charge in [0.2, 0.25) is 0 Å². The molecule has 7 nitrogen and oxygen atoms in total. The van der Waals surface area contributed by atoms with Gasteiger partial charge in [0.15, 0.2) is 0 Å². The van der Waals surface area contributed by atoms with Crippen LogP contribution in [0, 0.1) is 0 Å². The van der Waals surface area contributed by atoms with E-state index in [2.05, 4.69) is 4.72 Å². The quantitative estimate of drug-likeness (QED) is 0.623. The summed E-state index contributed by atoms with van der Waals surface area (Å²) in [5.74, 6) is -1.01. The highest BCUT2D eigenvalue weighted by molar-refractivity contribution is 7.87. The molecule has 0 aromatic heterocycles. The molecule has 1 fully saturated rings. The van der Waals surface area contributed by atoms with Gasteiger partial charge in [0.25, 0.3) is 10.2 Å². The van der Waals surface area contributed by atoms with E-state index in [1.54, 1.807) is 0 Å². The zero-order valence-corrected chi connectivity index (χ0v) is 10.0. The maximum Gasteiger partial charge on any atom is 0.304 e. The number of carbonyl (C=O) groups is 1. The minimum Gasteiger partial charge on any atom is -0.481 e. The lowest BCUT2D eigenvalue weighted by atomic mass is 10.4. The Kier molecular flexibility index (Phi) is 4.66. The van der Waals surface area contributed by atoms with Crippen LogP contribution >= 0.6 is 0 Å². The molecular formula is C8H17N3O4S. The van der Waals surface area contributed by atoms with E-state index in [4.69, 9.17) is 5.11 Å². The molecule has 2 N–H and O–H groups in total. The summed E-state index contributed by atoms with van der Waals surface area (Å²) in [6, 6.07) is 0. The van der Waals surface area contributed by atoms with Gasteiger partial charge in [0, 0.05) is 32.7 Å². The SMILES string of the molecule is CN1CCN(S(=O)(=O)NCCC(=O)O)CC1. The van der Waals surface area contributed by atoms with Gasteiger partial charge in [-0.2, -0.15) is 12.7 Å². The van der Waals surface area contributed by atoms with E-state index in [1.165, 1.54) is 4.31 Å². The van der Waals surface area contributed by atoms with Crippen LogP contribution in [-0.4, -0.2) is 68.5 Å². The van der Waals surface area contributed by atoms with Crippen LogP contribution in [-0.2, 0) is 15.0 Å². The molecule has 1 heterocycles. The summed E-state index contributed by atoms with van der Waals surface area (Å²) < 4.78 is 27.0. The molecule has 1 saturated heterocycles. The Labute approximate surface area is 95.2 Å². The van der Waals surface area contributed by atoms with Crippen molar-refractivity contribution in [2.45, 2.75) is 6.42 Å². The molecule has 0 atom stereocenters. The van der Waals surface area contributed by atoms with Crippen LogP contribution in [0.1, 0.15) is 6.42 Å². The number of aliphatic carboxylic acids is 1. The highest BCUT2D eigenvalue weighted by Gasteiger charge is 2.24. The van der Waals surface area contributed by atoms with Crippen molar-refractivity contribution in [3.63, 3.8) is 0 Å². The fourth-order valence-corrected chi connectivity index (χ4v) is 2.59. The van der Waals surface area contributed by atoms with E-state index in [0.717, 1.165) is 0 Å². The standard InChI is InChI=1S/C8H17N3O4S/c1-10-4-6-11(7-5-10)16(14,15)9-3-2-8(12)13/h9H,2-7H2,1H3,(H,12,13). The highest BCUT2D eigenvalue weighted by atomic mass is 32.2. The van der Waals surface area contributed by atoms with E-state index in [9.17, 15) is 13.2 Å². The number of likely N-dealkylation sites (N-methyl/N-ethyl adjacent to an activating group) is 1. The fraction of sp³-hybridized carbons (Fsp3) is 0.875. The average molecular weight is 251 g/mol. The van der Waals surface area contributed by atoms with E-state index < -0.39 is 16.2 Å². The van der Waals surface area contributed by atoms with Crippen molar-refractivity contribution < 1.29 is 18.3 Å². The van der Waals surface area contributed by atoms with Crippen molar-refractivity contribution >= 4 is 16.2 Å². The summed E-state index contributed by atoms with van der Waals surface area (Å²) in [4.78, 5) is 12.3. The number of rotatable bonds is 5. The Balaban J connectivity index is 2.41. The fourth-order valence-electron chi connectivity index (χ4n) is 1.41. The first-order valence-corrected chi connectivity index (χ1v) is 6.51. The molecule has 1 aliphatic rings. The summed E-state index contributed by atoms with van der Waals surface area (Å²) in [6.07, 6.45) is -0.201.